The minimum atomic E-state index is -0.660. The van der Waals surface area contributed by atoms with Crippen LogP contribution in [0.5, 0.6) is 5.75 Å². The van der Waals surface area contributed by atoms with Gasteiger partial charge in [0.1, 0.15) is 11.8 Å². The lowest BCUT2D eigenvalue weighted by atomic mass is 10.1. The molecule has 0 aliphatic rings. The molecule has 150 valence electrons. The zero-order chi connectivity index (χ0) is 20.7. The molecule has 0 fully saturated rings. The number of carbonyl (C=O) groups excluding carboxylic acids is 2. The zero-order valence-corrected chi connectivity index (χ0v) is 17.5. The van der Waals surface area contributed by atoms with E-state index in [2.05, 4.69) is 5.32 Å². The Hall–Kier alpha value is -2.53. The van der Waals surface area contributed by atoms with Gasteiger partial charge in [-0.05, 0) is 57.0 Å². The van der Waals surface area contributed by atoms with Gasteiger partial charge in [-0.15, -0.1) is 0 Å². The van der Waals surface area contributed by atoms with Crippen molar-refractivity contribution < 1.29 is 14.3 Å². The van der Waals surface area contributed by atoms with Crippen molar-refractivity contribution in [1.29, 1.82) is 0 Å². The molecule has 6 heteroatoms. The van der Waals surface area contributed by atoms with E-state index in [0.29, 0.717) is 10.8 Å². The first-order valence-corrected chi connectivity index (χ1v) is 9.68. The highest BCUT2D eigenvalue weighted by Crippen LogP contribution is 2.19. The van der Waals surface area contributed by atoms with Crippen LogP contribution in [0.2, 0.25) is 5.02 Å². The summed E-state index contributed by atoms with van der Waals surface area (Å²) in [5.41, 5.74) is 1.82. The topological polar surface area (TPSA) is 58.6 Å². The average molecular weight is 403 g/mol. The molecule has 0 saturated carbocycles. The number of amides is 2. The van der Waals surface area contributed by atoms with E-state index in [0.717, 1.165) is 11.1 Å². The second-order valence-corrected chi connectivity index (χ2v) is 7.46. The van der Waals surface area contributed by atoms with Crippen molar-refractivity contribution >= 4 is 23.4 Å². The Kier molecular flexibility index (Phi) is 7.88. The number of carbonyl (C=O) groups is 2. The summed E-state index contributed by atoms with van der Waals surface area (Å²) in [6.45, 7) is 7.49. The molecule has 5 nitrogen and oxygen atoms in total. The SMILES string of the molecule is Cc1cccc(OCC(=O)N(Cc2ccccc2Cl)[C@@H](C)C(=O)NC(C)C)c1. The van der Waals surface area contributed by atoms with Crippen LogP contribution in [0, 0.1) is 6.92 Å². The van der Waals surface area contributed by atoms with Gasteiger partial charge >= 0.3 is 0 Å². The molecule has 2 amide bonds. The third-order valence-electron chi connectivity index (χ3n) is 4.25. The molecule has 0 spiro atoms. The second kappa shape index (κ2) is 10.1. The van der Waals surface area contributed by atoms with E-state index in [1.165, 1.54) is 4.90 Å². The molecule has 2 aromatic carbocycles. The quantitative estimate of drug-likeness (QED) is 0.726. The monoisotopic (exact) mass is 402 g/mol. The van der Waals surface area contributed by atoms with E-state index >= 15 is 0 Å². The highest BCUT2D eigenvalue weighted by atomic mass is 35.5. The molecule has 0 unspecified atom stereocenters. The van der Waals surface area contributed by atoms with Gasteiger partial charge in [-0.2, -0.15) is 0 Å². The molecule has 0 saturated heterocycles. The first kappa shape index (κ1) is 21.8. The molecule has 2 rings (SSSR count). The van der Waals surface area contributed by atoms with E-state index in [1.54, 1.807) is 19.1 Å². The molecule has 0 bridgehead atoms. The standard InChI is InChI=1S/C22H27ClN2O3/c1-15(2)24-22(27)17(4)25(13-18-9-5-6-11-20(18)23)21(26)14-28-19-10-7-8-16(3)12-19/h5-12,15,17H,13-14H2,1-4H3,(H,24,27)/t17-/m0/s1. The average Bonchev–Trinajstić information content (AvgIpc) is 2.64. The van der Waals surface area contributed by atoms with Crippen LogP contribution in [0.1, 0.15) is 31.9 Å². The third kappa shape index (κ3) is 6.27. The number of aryl methyl sites for hydroxylation is 1. The fourth-order valence-corrected chi connectivity index (χ4v) is 2.93. The van der Waals surface area contributed by atoms with E-state index in [1.807, 2.05) is 57.2 Å². The van der Waals surface area contributed by atoms with Crippen LogP contribution in [0.15, 0.2) is 48.5 Å². The molecule has 0 aliphatic carbocycles. The molecule has 28 heavy (non-hydrogen) atoms. The molecule has 2 aromatic rings. The van der Waals surface area contributed by atoms with Crippen LogP contribution in [0.4, 0.5) is 0 Å². The first-order chi connectivity index (χ1) is 13.3. The van der Waals surface area contributed by atoms with E-state index < -0.39 is 6.04 Å². The number of rotatable bonds is 8. The maximum Gasteiger partial charge on any atom is 0.261 e. The maximum atomic E-state index is 12.9. The van der Waals surface area contributed by atoms with Crippen LogP contribution in [-0.4, -0.2) is 35.4 Å². The van der Waals surface area contributed by atoms with Crippen molar-refractivity contribution in [3.05, 3.63) is 64.7 Å². The van der Waals surface area contributed by atoms with Crippen LogP contribution < -0.4 is 10.1 Å². The number of benzene rings is 2. The van der Waals surface area contributed by atoms with Gasteiger partial charge in [0.05, 0.1) is 0 Å². The number of hydrogen-bond acceptors (Lipinski definition) is 3. The Morgan fingerprint density at radius 2 is 1.82 bits per heavy atom. The predicted octanol–water partition coefficient (Wildman–Crippen LogP) is 3.97. The Labute approximate surface area is 171 Å². The van der Waals surface area contributed by atoms with Gasteiger partial charge in [0.15, 0.2) is 6.61 Å². The number of ether oxygens (including phenoxy) is 1. The lowest BCUT2D eigenvalue weighted by Crippen LogP contribution is -2.50. The summed E-state index contributed by atoms with van der Waals surface area (Å²) in [6.07, 6.45) is 0. The summed E-state index contributed by atoms with van der Waals surface area (Å²) in [6, 6.07) is 14.1. The van der Waals surface area contributed by atoms with Crippen molar-refractivity contribution in [1.82, 2.24) is 10.2 Å². The fourth-order valence-electron chi connectivity index (χ4n) is 2.73. The van der Waals surface area contributed by atoms with Gasteiger partial charge < -0.3 is 15.0 Å². The molecule has 1 N–H and O–H groups in total. The van der Waals surface area contributed by atoms with E-state index in [9.17, 15) is 9.59 Å². The molecule has 0 heterocycles. The lowest BCUT2D eigenvalue weighted by molar-refractivity contribution is -0.142. The number of hydrogen-bond donors (Lipinski definition) is 1. The Balaban J connectivity index is 2.17. The number of nitrogens with one attached hydrogen (secondary N) is 1. The van der Waals surface area contributed by atoms with Crippen molar-refractivity contribution in [3.8, 4) is 5.75 Å². The van der Waals surface area contributed by atoms with Crippen molar-refractivity contribution in [2.75, 3.05) is 6.61 Å². The predicted molar refractivity (Wildman–Crippen MR) is 111 cm³/mol. The number of halogens is 1. The number of nitrogens with zero attached hydrogens (tertiary/aromatic N) is 1. The maximum absolute atomic E-state index is 12.9. The molecular weight excluding hydrogens is 376 g/mol. The van der Waals surface area contributed by atoms with Gasteiger partial charge in [-0.3, -0.25) is 9.59 Å². The summed E-state index contributed by atoms with van der Waals surface area (Å²) < 4.78 is 5.65. The highest BCUT2D eigenvalue weighted by molar-refractivity contribution is 6.31. The molecule has 0 aromatic heterocycles. The van der Waals surface area contributed by atoms with Crippen molar-refractivity contribution in [2.24, 2.45) is 0 Å². The summed E-state index contributed by atoms with van der Waals surface area (Å²) >= 11 is 6.26. The second-order valence-electron chi connectivity index (χ2n) is 7.06. The van der Waals surface area contributed by atoms with Gasteiger partial charge in [0, 0.05) is 17.6 Å². The molecule has 1 atom stereocenters. The van der Waals surface area contributed by atoms with Crippen LogP contribution in [-0.2, 0) is 16.1 Å². The Morgan fingerprint density at radius 1 is 1.11 bits per heavy atom. The molecule has 0 radical (unpaired) electrons. The normalized spacial score (nSPS) is 11.8. The van der Waals surface area contributed by atoms with Gasteiger partial charge in [0.2, 0.25) is 5.91 Å². The third-order valence-corrected chi connectivity index (χ3v) is 4.62. The Bertz CT molecular complexity index is 823. The van der Waals surface area contributed by atoms with Gasteiger partial charge in [-0.25, -0.2) is 0 Å². The minimum Gasteiger partial charge on any atom is -0.484 e. The van der Waals surface area contributed by atoms with Crippen molar-refractivity contribution in [3.63, 3.8) is 0 Å². The van der Waals surface area contributed by atoms with Crippen LogP contribution >= 0.6 is 11.6 Å². The van der Waals surface area contributed by atoms with Crippen molar-refractivity contribution in [2.45, 2.75) is 46.3 Å². The Morgan fingerprint density at radius 3 is 2.46 bits per heavy atom. The van der Waals surface area contributed by atoms with Crippen LogP contribution in [0.3, 0.4) is 0 Å². The minimum absolute atomic E-state index is 0.0178. The highest BCUT2D eigenvalue weighted by Gasteiger charge is 2.27. The zero-order valence-electron chi connectivity index (χ0n) is 16.7. The molecule has 0 aliphatic heterocycles. The fraction of sp³-hybridized carbons (Fsp3) is 0.364. The summed E-state index contributed by atoms with van der Waals surface area (Å²) in [4.78, 5) is 26.9. The smallest absolute Gasteiger partial charge is 0.261 e. The van der Waals surface area contributed by atoms with E-state index in [4.69, 9.17) is 16.3 Å². The lowest BCUT2D eigenvalue weighted by Gasteiger charge is -2.29. The first-order valence-electron chi connectivity index (χ1n) is 9.30. The van der Waals surface area contributed by atoms with Gasteiger partial charge in [0.25, 0.3) is 5.91 Å². The van der Waals surface area contributed by atoms with Gasteiger partial charge in [-0.1, -0.05) is 41.9 Å². The van der Waals surface area contributed by atoms with E-state index in [-0.39, 0.29) is 31.0 Å². The molecular formula is C22H27ClN2O3. The summed E-state index contributed by atoms with van der Waals surface area (Å²) in [5, 5.41) is 3.41. The largest absolute Gasteiger partial charge is 0.484 e. The van der Waals surface area contributed by atoms with Crippen LogP contribution in [0.25, 0.3) is 0 Å². The summed E-state index contributed by atoms with van der Waals surface area (Å²) in [5.74, 6) is 0.115. The summed E-state index contributed by atoms with van der Waals surface area (Å²) in [7, 11) is 0.